The number of hydrogen-bond donors (Lipinski definition) is 1. The van der Waals surface area contributed by atoms with Crippen LogP contribution in [0.4, 0.5) is 5.69 Å². The van der Waals surface area contributed by atoms with E-state index in [0.717, 1.165) is 22.2 Å². The molecule has 0 spiro atoms. The molecule has 4 heteroatoms. The molecular formula is C17H20ClNO2. The quantitative estimate of drug-likeness (QED) is 0.821. The summed E-state index contributed by atoms with van der Waals surface area (Å²) in [4.78, 5) is 0. The highest BCUT2D eigenvalue weighted by atomic mass is 35.5. The summed E-state index contributed by atoms with van der Waals surface area (Å²) in [5.41, 5.74) is 2.16. The molecule has 0 saturated heterocycles. The van der Waals surface area contributed by atoms with E-state index in [9.17, 15) is 0 Å². The summed E-state index contributed by atoms with van der Waals surface area (Å²) in [6.07, 6.45) is 0. The minimum Gasteiger partial charge on any atom is -0.493 e. The maximum Gasteiger partial charge on any atom is 0.162 e. The van der Waals surface area contributed by atoms with E-state index in [4.69, 9.17) is 21.1 Å². The molecule has 0 aliphatic heterocycles. The number of ether oxygens (including phenoxy) is 2. The maximum absolute atomic E-state index is 5.91. The van der Waals surface area contributed by atoms with E-state index in [2.05, 4.69) is 12.2 Å². The van der Waals surface area contributed by atoms with E-state index >= 15 is 0 Å². The molecule has 0 fully saturated rings. The third-order valence-corrected chi connectivity index (χ3v) is 3.47. The Balaban J connectivity index is 2.13. The van der Waals surface area contributed by atoms with Crippen molar-refractivity contribution in [3.05, 3.63) is 53.1 Å². The fourth-order valence-electron chi connectivity index (χ4n) is 2.12. The molecule has 0 aromatic heterocycles. The Morgan fingerprint density at radius 3 is 2.43 bits per heavy atom. The first-order valence-electron chi connectivity index (χ1n) is 6.97. The highest BCUT2D eigenvalue weighted by Gasteiger charge is 2.09. The van der Waals surface area contributed by atoms with Gasteiger partial charge in [0.15, 0.2) is 11.5 Å². The van der Waals surface area contributed by atoms with Gasteiger partial charge in [-0.3, -0.25) is 0 Å². The summed E-state index contributed by atoms with van der Waals surface area (Å²) >= 11 is 5.91. The van der Waals surface area contributed by atoms with Gasteiger partial charge in [0.2, 0.25) is 0 Å². The Kier molecular flexibility index (Phi) is 5.34. The van der Waals surface area contributed by atoms with Crippen LogP contribution in [0.5, 0.6) is 11.5 Å². The van der Waals surface area contributed by atoms with Crippen molar-refractivity contribution in [3.8, 4) is 11.5 Å². The summed E-state index contributed by atoms with van der Waals surface area (Å²) in [6.45, 7) is 4.67. The monoisotopic (exact) mass is 305 g/mol. The lowest BCUT2D eigenvalue weighted by atomic mass is 10.1. The van der Waals surface area contributed by atoms with Gasteiger partial charge in [-0.15, -0.1) is 0 Å². The molecule has 2 aromatic carbocycles. The number of benzene rings is 2. The van der Waals surface area contributed by atoms with E-state index in [1.807, 2.05) is 49.4 Å². The SMILES string of the molecule is CCOc1ccc(NC(C)c2ccc(Cl)cc2)cc1OC. The number of hydrogen-bond acceptors (Lipinski definition) is 3. The largest absolute Gasteiger partial charge is 0.493 e. The van der Waals surface area contributed by atoms with Crippen LogP contribution in [0.3, 0.4) is 0 Å². The van der Waals surface area contributed by atoms with Crippen LogP contribution in [-0.4, -0.2) is 13.7 Å². The molecule has 1 N–H and O–H groups in total. The van der Waals surface area contributed by atoms with Crippen molar-refractivity contribution in [1.29, 1.82) is 0 Å². The molecule has 1 unspecified atom stereocenters. The molecule has 112 valence electrons. The topological polar surface area (TPSA) is 30.5 Å². The fraction of sp³-hybridized carbons (Fsp3) is 0.294. The lowest BCUT2D eigenvalue weighted by Gasteiger charge is -2.17. The van der Waals surface area contributed by atoms with Crippen LogP contribution in [0.15, 0.2) is 42.5 Å². The highest BCUT2D eigenvalue weighted by molar-refractivity contribution is 6.30. The van der Waals surface area contributed by atoms with Crippen LogP contribution < -0.4 is 14.8 Å². The van der Waals surface area contributed by atoms with Crippen LogP contribution in [0, 0.1) is 0 Å². The average molecular weight is 306 g/mol. The number of nitrogens with one attached hydrogen (secondary N) is 1. The Hall–Kier alpha value is -1.87. The fourth-order valence-corrected chi connectivity index (χ4v) is 2.24. The summed E-state index contributed by atoms with van der Waals surface area (Å²) in [6, 6.07) is 13.8. The molecule has 0 bridgehead atoms. The zero-order valence-electron chi connectivity index (χ0n) is 12.5. The first-order chi connectivity index (χ1) is 10.1. The van der Waals surface area contributed by atoms with Gasteiger partial charge in [0.05, 0.1) is 13.7 Å². The van der Waals surface area contributed by atoms with Crippen molar-refractivity contribution in [1.82, 2.24) is 0 Å². The molecule has 0 radical (unpaired) electrons. The van der Waals surface area contributed by atoms with Gasteiger partial charge in [-0.1, -0.05) is 23.7 Å². The summed E-state index contributed by atoms with van der Waals surface area (Å²) in [5, 5.41) is 4.19. The molecule has 0 heterocycles. The lowest BCUT2D eigenvalue weighted by molar-refractivity contribution is 0.311. The second-order valence-corrected chi connectivity index (χ2v) is 5.15. The van der Waals surface area contributed by atoms with Crippen LogP contribution in [-0.2, 0) is 0 Å². The van der Waals surface area contributed by atoms with Gasteiger partial charge in [0, 0.05) is 22.8 Å². The van der Waals surface area contributed by atoms with Crippen LogP contribution in [0.25, 0.3) is 0 Å². The van der Waals surface area contributed by atoms with Gasteiger partial charge in [-0.05, 0) is 43.7 Å². The Bertz CT molecular complexity index is 584. The molecule has 2 rings (SSSR count). The molecule has 0 aliphatic rings. The predicted octanol–water partition coefficient (Wildman–Crippen LogP) is 4.92. The Morgan fingerprint density at radius 2 is 1.81 bits per heavy atom. The lowest BCUT2D eigenvalue weighted by Crippen LogP contribution is -2.06. The second kappa shape index (κ2) is 7.23. The Labute approximate surface area is 130 Å². The molecule has 0 amide bonds. The van der Waals surface area contributed by atoms with E-state index in [0.29, 0.717) is 6.61 Å². The summed E-state index contributed by atoms with van der Waals surface area (Å²) < 4.78 is 10.9. The van der Waals surface area contributed by atoms with E-state index < -0.39 is 0 Å². The van der Waals surface area contributed by atoms with E-state index in [1.165, 1.54) is 5.56 Å². The van der Waals surface area contributed by atoms with Gasteiger partial charge < -0.3 is 14.8 Å². The first-order valence-corrected chi connectivity index (χ1v) is 7.34. The number of rotatable bonds is 6. The van der Waals surface area contributed by atoms with Crippen LogP contribution >= 0.6 is 11.6 Å². The van der Waals surface area contributed by atoms with Crippen molar-refractivity contribution in [2.45, 2.75) is 19.9 Å². The van der Waals surface area contributed by atoms with Gasteiger partial charge >= 0.3 is 0 Å². The van der Waals surface area contributed by atoms with Crippen molar-refractivity contribution >= 4 is 17.3 Å². The van der Waals surface area contributed by atoms with E-state index in [1.54, 1.807) is 7.11 Å². The minimum atomic E-state index is 0.171. The molecule has 0 saturated carbocycles. The first kappa shape index (κ1) is 15.5. The summed E-state index contributed by atoms with van der Waals surface area (Å²) in [7, 11) is 1.64. The zero-order valence-corrected chi connectivity index (χ0v) is 13.3. The maximum atomic E-state index is 5.91. The summed E-state index contributed by atoms with van der Waals surface area (Å²) in [5.74, 6) is 1.48. The van der Waals surface area contributed by atoms with Crippen LogP contribution in [0.1, 0.15) is 25.5 Å². The molecule has 0 aliphatic carbocycles. The van der Waals surface area contributed by atoms with Gasteiger partial charge in [-0.2, -0.15) is 0 Å². The third-order valence-electron chi connectivity index (χ3n) is 3.22. The second-order valence-electron chi connectivity index (χ2n) is 4.72. The predicted molar refractivity (Wildman–Crippen MR) is 87.7 cm³/mol. The van der Waals surface area contributed by atoms with Crippen molar-refractivity contribution in [2.75, 3.05) is 19.0 Å². The van der Waals surface area contributed by atoms with Crippen molar-refractivity contribution in [3.63, 3.8) is 0 Å². The average Bonchev–Trinajstić information content (AvgIpc) is 2.49. The van der Waals surface area contributed by atoms with E-state index in [-0.39, 0.29) is 6.04 Å². The van der Waals surface area contributed by atoms with Crippen molar-refractivity contribution in [2.24, 2.45) is 0 Å². The highest BCUT2D eigenvalue weighted by Crippen LogP contribution is 2.31. The standard InChI is InChI=1S/C17H20ClNO2/c1-4-21-16-10-9-15(11-17(16)20-3)19-12(2)13-5-7-14(18)8-6-13/h5-12,19H,4H2,1-3H3. The molecular weight excluding hydrogens is 286 g/mol. The van der Waals surface area contributed by atoms with Gasteiger partial charge in [-0.25, -0.2) is 0 Å². The molecule has 2 aromatic rings. The number of halogens is 1. The van der Waals surface area contributed by atoms with Crippen LogP contribution in [0.2, 0.25) is 5.02 Å². The Morgan fingerprint density at radius 1 is 1.10 bits per heavy atom. The number of methoxy groups -OCH3 is 1. The van der Waals surface area contributed by atoms with Gasteiger partial charge in [0.1, 0.15) is 0 Å². The molecule has 21 heavy (non-hydrogen) atoms. The molecule has 3 nitrogen and oxygen atoms in total. The number of anilines is 1. The smallest absolute Gasteiger partial charge is 0.162 e. The minimum absolute atomic E-state index is 0.171. The van der Waals surface area contributed by atoms with Crippen molar-refractivity contribution < 1.29 is 9.47 Å². The third kappa shape index (κ3) is 4.05. The molecule has 1 atom stereocenters. The normalized spacial score (nSPS) is 11.8. The zero-order chi connectivity index (χ0) is 15.2. The van der Waals surface area contributed by atoms with Gasteiger partial charge in [0.25, 0.3) is 0 Å².